The van der Waals surface area contributed by atoms with E-state index < -0.39 is 0 Å². The number of aryl methyl sites for hydroxylation is 2. The minimum Gasteiger partial charge on any atom is -0.454 e. The van der Waals surface area contributed by atoms with Crippen molar-refractivity contribution in [2.75, 3.05) is 14.1 Å². The van der Waals surface area contributed by atoms with Crippen molar-refractivity contribution in [1.82, 2.24) is 15.2 Å². The van der Waals surface area contributed by atoms with Gasteiger partial charge < -0.3 is 14.6 Å². The molecule has 0 aliphatic heterocycles. The van der Waals surface area contributed by atoms with Gasteiger partial charge in [-0.15, -0.1) is 11.3 Å². The number of nitrogens with one attached hydrogen (secondary N) is 1. The van der Waals surface area contributed by atoms with E-state index in [1.54, 1.807) is 26.2 Å². The number of rotatable bonds is 4. The second kappa shape index (κ2) is 6.09. The molecule has 2 rings (SSSR count). The molecular formula is C14H17N3O3S. The summed E-state index contributed by atoms with van der Waals surface area (Å²) in [5.41, 5.74) is 0.439. The van der Waals surface area contributed by atoms with Gasteiger partial charge in [-0.1, -0.05) is 0 Å². The van der Waals surface area contributed by atoms with Crippen molar-refractivity contribution in [2.45, 2.75) is 20.4 Å². The van der Waals surface area contributed by atoms with Gasteiger partial charge in [-0.3, -0.25) is 9.59 Å². The monoisotopic (exact) mass is 307 g/mol. The fraction of sp³-hybridized carbons (Fsp3) is 0.357. The smallest absolute Gasteiger partial charge is 0.289 e. The Morgan fingerprint density at radius 2 is 2.05 bits per heavy atom. The first kappa shape index (κ1) is 15.2. The fourth-order valence-electron chi connectivity index (χ4n) is 1.80. The van der Waals surface area contributed by atoms with Crippen LogP contribution in [0.1, 0.15) is 36.7 Å². The van der Waals surface area contributed by atoms with E-state index in [0.717, 1.165) is 9.88 Å². The van der Waals surface area contributed by atoms with Crippen molar-refractivity contribution >= 4 is 23.2 Å². The quantitative estimate of drug-likeness (QED) is 0.937. The molecule has 0 saturated carbocycles. The number of furan rings is 1. The zero-order chi connectivity index (χ0) is 15.6. The molecule has 0 saturated heterocycles. The maximum absolute atomic E-state index is 12.0. The highest BCUT2D eigenvalue weighted by Gasteiger charge is 2.16. The molecule has 0 aliphatic carbocycles. The van der Waals surface area contributed by atoms with Crippen molar-refractivity contribution in [1.29, 1.82) is 0 Å². The molecule has 0 aliphatic rings. The van der Waals surface area contributed by atoms with Crippen LogP contribution in [-0.2, 0) is 6.54 Å². The molecule has 2 aromatic heterocycles. The van der Waals surface area contributed by atoms with Gasteiger partial charge in [-0.05, 0) is 26.0 Å². The Balaban J connectivity index is 1.99. The molecule has 112 valence electrons. The third kappa shape index (κ3) is 3.49. The van der Waals surface area contributed by atoms with Crippen LogP contribution in [0.15, 0.2) is 16.5 Å². The molecule has 7 heteroatoms. The predicted octanol–water partition coefficient (Wildman–Crippen LogP) is 1.98. The van der Waals surface area contributed by atoms with Gasteiger partial charge >= 0.3 is 0 Å². The van der Waals surface area contributed by atoms with Crippen molar-refractivity contribution in [2.24, 2.45) is 0 Å². The normalized spacial score (nSPS) is 10.5. The summed E-state index contributed by atoms with van der Waals surface area (Å²) in [6.07, 6.45) is 0. The number of thiazole rings is 1. The van der Waals surface area contributed by atoms with Crippen LogP contribution in [0.4, 0.5) is 0 Å². The number of carbonyl (C=O) groups is 2. The minimum absolute atomic E-state index is 0.210. The summed E-state index contributed by atoms with van der Waals surface area (Å²) in [6, 6.07) is 3.28. The van der Waals surface area contributed by atoms with E-state index in [2.05, 4.69) is 10.3 Å². The standard InChI is InChI=1S/C14H17N3O3S/c1-8-12(16-9(2)21-8)13(18)15-7-10-5-6-11(20-10)14(19)17(3)4/h5-6H,7H2,1-4H3,(H,15,18). The molecule has 2 amide bonds. The van der Waals surface area contributed by atoms with Crippen LogP contribution in [-0.4, -0.2) is 35.8 Å². The summed E-state index contributed by atoms with van der Waals surface area (Å²) in [5.74, 6) is 0.329. The predicted molar refractivity (Wildman–Crippen MR) is 79.5 cm³/mol. The van der Waals surface area contributed by atoms with E-state index >= 15 is 0 Å². The highest BCUT2D eigenvalue weighted by molar-refractivity contribution is 7.11. The van der Waals surface area contributed by atoms with Crippen molar-refractivity contribution < 1.29 is 14.0 Å². The zero-order valence-corrected chi connectivity index (χ0v) is 13.2. The van der Waals surface area contributed by atoms with Crippen molar-refractivity contribution in [3.8, 4) is 0 Å². The van der Waals surface area contributed by atoms with Crippen LogP contribution in [0.5, 0.6) is 0 Å². The Kier molecular flexibility index (Phi) is 4.42. The van der Waals surface area contributed by atoms with Gasteiger partial charge in [-0.2, -0.15) is 0 Å². The van der Waals surface area contributed by atoms with E-state index in [4.69, 9.17) is 4.42 Å². The first-order valence-corrected chi connectivity index (χ1v) is 7.22. The van der Waals surface area contributed by atoms with E-state index in [1.807, 2.05) is 13.8 Å². The van der Waals surface area contributed by atoms with E-state index in [9.17, 15) is 9.59 Å². The molecule has 0 bridgehead atoms. The third-order valence-corrected chi connectivity index (χ3v) is 3.71. The Bertz CT molecular complexity index is 673. The largest absolute Gasteiger partial charge is 0.454 e. The molecule has 0 aromatic carbocycles. The summed E-state index contributed by atoms with van der Waals surface area (Å²) in [6.45, 7) is 3.94. The minimum atomic E-state index is -0.242. The van der Waals surface area contributed by atoms with Gasteiger partial charge in [0, 0.05) is 19.0 Å². The van der Waals surface area contributed by atoms with Crippen molar-refractivity contribution in [3.63, 3.8) is 0 Å². The summed E-state index contributed by atoms with van der Waals surface area (Å²) in [7, 11) is 3.30. The number of aromatic nitrogens is 1. The Morgan fingerprint density at radius 3 is 2.62 bits per heavy atom. The number of carbonyl (C=O) groups excluding carboxylic acids is 2. The fourth-order valence-corrected chi connectivity index (χ4v) is 2.61. The topological polar surface area (TPSA) is 75.4 Å². The molecule has 6 nitrogen and oxygen atoms in total. The second-order valence-corrected chi connectivity index (χ2v) is 6.19. The zero-order valence-electron chi connectivity index (χ0n) is 12.4. The summed E-state index contributed by atoms with van der Waals surface area (Å²) in [4.78, 5) is 30.2. The van der Waals surface area contributed by atoms with Crippen LogP contribution in [0.25, 0.3) is 0 Å². The molecule has 0 radical (unpaired) electrons. The average Bonchev–Trinajstić information content (AvgIpc) is 3.01. The highest BCUT2D eigenvalue weighted by Crippen LogP contribution is 2.16. The Morgan fingerprint density at radius 1 is 1.33 bits per heavy atom. The Hall–Kier alpha value is -2.15. The number of amides is 2. The first-order valence-electron chi connectivity index (χ1n) is 6.41. The van der Waals surface area contributed by atoms with Gasteiger partial charge in [0.2, 0.25) is 0 Å². The van der Waals surface area contributed by atoms with Gasteiger partial charge in [0.15, 0.2) is 5.76 Å². The van der Waals surface area contributed by atoms with Gasteiger partial charge in [0.1, 0.15) is 11.5 Å². The molecule has 1 N–H and O–H groups in total. The maximum Gasteiger partial charge on any atom is 0.289 e. The van der Waals surface area contributed by atoms with Gasteiger partial charge in [0.25, 0.3) is 11.8 Å². The van der Waals surface area contributed by atoms with Crippen LogP contribution in [0.3, 0.4) is 0 Å². The SMILES string of the molecule is Cc1nc(C(=O)NCc2ccc(C(=O)N(C)C)o2)c(C)s1. The van der Waals surface area contributed by atoms with E-state index in [-0.39, 0.29) is 24.1 Å². The second-order valence-electron chi connectivity index (χ2n) is 4.79. The van der Waals surface area contributed by atoms with Crippen LogP contribution in [0.2, 0.25) is 0 Å². The molecular weight excluding hydrogens is 290 g/mol. The van der Waals surface area contributed by atoms with Gasteiger partial charge in [-0.25, -0.2) is 4.98 Å². The van der Waals surface area contributed by atoms with Crippen LogP contribution < -0.4 is 5.32 Å². The maximum atomic E-state index is 12.0. The van der Waals surface area contributed by atoms with E-state index in [1.165, 1.54) is 16.2 Å². The molecule has 0 atom stereocenters. The Labute approximate surface area is 126 Å². The number of nitrogens with zero attached hydrogens (tertiary/aromatic N) is 2. The number of hydrogen-bond acceptors (Lipinski definition) is 5. The van der Waals surface area contributed by atoms with Crippen molar-refractivity contribution in [3.05, 3.63) is 39.2 Å². The summed E-state index contributed by atoms with van der Waals surface area (Å²) < 4.78 is 5.40. The number of hydrogen-bond donors (Lipinski definition) is 1. The van der Waals surface area contributed by atoms with Crippen LogP contribution in [0, 0.1) is 13.8 Å². The van der Waals surface area contributed by atoms with Crippen LogP contribution >= 0.6 is 11.3 Å². The molecule has 2 aromatic rings. The summed E-state index contributed by atoms with van der Waals surface area (Å²) >= 11 is 1.48. The summed E-state index contributed by atoms with van der Waals surface area (Å²) in [5, 5.41) is 3.59. The molecule has 21 heavy (non-hydrogen) atoms. The lowest BCUT2D eigenvalue weighted by molar-refractivity contribution is 0.0794. The first-order chi connectivity index (χ1) is 9.88. The molecule has 0 unspecified atom stereocenters. The molecule has 2 heterocycles. The van der Waals surface area contributed by atoms with Gasteiger partial charge in [0.05, 0.1) is 11.6 Å². The molecule has 0 fully saturated rings. The molecule has 0 spiro atoms. The lowest BCUT2D eigenvalue weighted by Gasteiger charge is -2.06. The lowest BCUT2D eigenvalue weighted by atomic mass is 10.3. The lowest BCUT2D eigenvalue weighted by Crippen LogP contribution is -2.23. The highest BCUT2D eigenvalue weighted by atomic mass is 32.1. The third-order valence-electron chi connectivity index (χ3n) is 2.82. The van der Waals surface area contributed by atoms with E-state index in [0.29, 0.717) is 11.5 Å². The average molecular weight is 307 g/mol.